The molecule has 0 heterocycles. The van der Waals surface area contributed by atoms with Crippen LogP contribution in [0.4, 0.5) is 0 Å². The van der Waals surface area contributed by atoms with E-state index in [1.54, 1.807) is 6.07 Å². The first-order valence-corrected chi connectivity index (χ1v) is 6.14. The van der Waals surface area contributed by atoms with E-state index in [1.165, 1.54) is 25.7 Å². The number of nitrogens with two attached hydrogens (primary N) is 1. The molecule has 2 rings (SSSR count). The fourth-order valence-corrected chi connectivity index (χ4v) is 2.90. The van der Waals surface area contributed by atoms with Gasteiger partial charge >= 0.3 is 0 Å². The zero-order chi connectivity index (χ0) is 10.8. The van der Waals surface area contributed by atoms with E-state index in [1.807, 2.05) is 12.1 Å². The molecule has 0 bridgehead atoms. The van der Waals surface area contributed by atoms with E-state index in [-0.39, 0.29) is 18.4 Å². The van der Waals surface area contributed by atoms with Crippen molar-refractivity contribution in [3.05, 3.63) is 33.8 Å². The molecular weight excluding hydrogens is 264 g/mol. The highest BCUT2D eigenvalue weighted by atomic mass is 35.5. The largest absolute Gasteiger partial charge is 0.324 e. The Balaban J connectivity index is 0.00000128. The van der Waals surface area contributed by atoms with Crippen LogP contribution in [0.25, 0.3) is 0 Å². The molecule has 4 heteroatoms. The quantitative estimate of drug-likeness (QED) is 0.841. The monoisotopic (exact) mass is 279 g/mol. The number of hydrogen-bond donors (Lipinski definition) is 1. The van der Waals surface area contributed by atoms with Crippen molar-refractivity contribution < 1.29 is 0 Å². The first kappa shape index (κ1) is 14.1. The van der Waals surface area contributed by atoms with Gasteiger partial charge in [0.25, 0.3) is 0 Å². The Labute approximate surface area is 113 Å². The number of hydrogen-bond acceptors (Lipinski definition) is 1. The molecular formula is C12H16Cl3N. The molecule has 2 N–H and O–H groups in total. The van der Waals surface area contributed by atoms with Crippen LogP contribution in [0.5, 0.6) is 0 Å². The summed E-state index contributed by atoms with van der Waals surface area (Å²) >= 11 is 11.9. The zero-order valence-corrected chi connectivity index (χ0v) is 11.3. The van der Waals surface area contributed by atoms with Crippen LogP contribution in [0.2, 0.25) is 10.0 Å². The van der Waals surface area contributed by atoms with Crippen LogP contribution in [-0.4, -0.2) is 0 Å². The molecule has 0 aliphatic heterocycles. The van der Waals surface area contributed by atoms with Gasteiger partial charge in [0.2, 0.25) is 0 Å². The SMILES string of the molecule is Cl.N[C@@H](c1cc(Cl)cc(Cl)c1)C1CCCC1. The zero-order valence-electron chi connectivity index (χ0n) is 8.96. The van der Waals surface area contributed by atoms with Gasteiger partial charge in [-0.25, -0.2) is 0 Å². The third kappa shape index (κ3) is 3.27. The minimum atomic E-state index is 0. The maximum Gasteiger partial charge on any atom is 0.0424 e. The van der Waals surface area contributed by atoms with Crippen molar-refractivity contribution in [2.75, 3.05) is 0 Å². The Morgan fingerprint density at radius 2 is 1.56 bits per heavy atom. The third-order valence-electron chi connectivity index (χ3n) is 3.18. The molecule has 0 amide bonds. The Bertz CT molecular complexity index is 328. The molecule has 0 unspecified atom stereocenters. The number of halogens is 3. The van der Waals surface area contributed by atoms with E-state index in [2.05, 4.69) is 0 Å². The summed E-state index contributed by atoms with van der Waals surface area (Å²) in [4.78, 5) is 0. The van der Waals surface area contributed by atoms with Crippen LogP contribution >= 0.6 is 35.6 Å². The second-order valence-electron chi connectivity index (χ2n) is 4.27. The second-order valence-corrected chi connectivity index (χ2v) is 5.15. The summed E-state index contributed by atoms with van der Waals surface area (Å²) in [6.45, 7) is 0. The maximum absolute atomic E-state index is 6.22. The molecule has 0 spiro atoms. The molecule has 1 nitrogen and oxygen atoms in total. The Morgan fingerprint density at radius 1 is 1.06 bits per heavy atom. The van der Waals surface area contributed by atoms with Crippen molar-refractivity contribution in [2.24, 2.45) is 11.7 Å². The predicted molar refractivity (Wildman–Crippen MR) is 72.6 cm³/mol. The summed E-state index contributed by atoms with van der Waals surface area (Å²) in [6, 6.07) is 5.68. The summed E-state index contributed by atoms with van der Waals surface area (Å²) in [5.41, 5.74) is 7.29. The molecule has 16 heavy (non-hydrogen) atoms. The van der Waals surface area contributed by atoms with Crippen LogP contribution in [-0.2, 0) is 0 Å². The fourth-order valence-electron chi connectivity index (χ4n) is 2.36. The van der Waals surface area contributed by atoms with E-state index in [4.69, 9.17) is 28.9 Å². The Hall–Kier alpha value is 0.0500. The molecule has 1 saturated carbocycles. The summed E-state index contributed by atoms with van der Waals surface area (Å²) in [5, 5.41) is 1.34. The van der Waals surface area contributed by atoms with Crippen LogP contribution in [0.15, 0.2) is 18.2 Å². The van der Waals surface area contributed by atoms with Crippen molar-refractivity contribution >= 4 is 35.6 Å². The summed E-state index contributed by atoms with van der Waals surface area (Å²) in [5.74, 6) is 0.597. The smallest absolute Gasteiger partial charge is 0.0424 e. The third-order valence-corrected chi connectivity index (χ3v) is 3.61. The van der Waals surface area contributed by atoms with Crippen LogP contribution in [0.1, 0.15) is 37.3 Å². The van der Waals surface area contributed by atoms with Gasteiger partial charge in [-0.2, -0.15) is 0 Å². The lowest BCUT2D eigenvalue weighted by atomic mass is 9.93. The molecule has 1 atom stereocenters. The van der Waals surface area contributed by atoms with Crippen molar-refractivity contribution in [2.45, 2.75) is 31.7 Å². The minimum Gasteiger partial charge on any atom is -0.324 e. The molecule has 0 saturated heterocycles. The lowest BCUT2D eigenvalue weighted by Gasteiger charge is -2.19. The van der Waals surface area contributed by atoms with Gasteiger partial charge in [-0.3, -0.25) is 0 Å². The Morgan fingerprint density at radius 3 is 2.06 bits per heavy atom. The number of rotatable bonds is 2. The highest BCUT2D eigenvalue weighted by Crippen LogP contribution is 2.35. The normalized spacial score (nSPS) is 18.2. The van der Waals surface area contributed by atoms with Crippen LogP contribution in [0, 0.1) is 5.92 Å². The summed E-state index contributed by atoms with van der Waals surface area (Å²) in [6.07, 6.45) is 5.05. The predicted octanol–water partition coefficient (Wildman–Crippen LogP) is 4.61. The van der Waals surface area contributed by atoms with E-state index in [0.717, 1.165) is 5.56 Å². The standard InChI is InChI=1S/C12H15Cl2N.ClH/c13-10-5-9(6-11(14)7-10)12(15)8-3-1-2-4-8;/h5-8,12H,1-4,15H2;1H/t12-;/m1./s1. The maximum atomic E-state index is 6.22. The van der Waals surface area contributed by atoms with Gasteiger partial charge in [-0.1, -0.05) is 36.0 Å². The van der Waals surface area contributed by atoms with Crippen molar-refractivity contribution in [1.29, 1.82) is 0 Å². The molecule has 1 fully saturated rings. The van der Waals surface area contributed by atoms with E-state index in [0.29, 0.717) is 16.0 Å². The molecule has 1 aliphatic carbocycles. The highest BCUT2D eigenvalue weighted by Gasteiger charge is 2.23. The summed E-state index contributed by atoms with van der Waals surface area (Å²) < 4.78 is 0. The average molecular weight is 281 g/mol. The second kappa shape index (κ2) is 6.11. The summed E-state index contributed by atoms with van der Waals surface area (Å²) in [7, 11) is 0. The van der Waals surface area contributed by atoms with Gasteiger partial charge in [-0.05, 0) is 42.5 Å². The fraction of sp³-hybridized carbons (Fsp3) is 0.500. The van der Waals surface area contributed by atoms with Crippen LogP contribution in [0.3, 0.4) is 0 Å². The van der Waals surface area contributed by atoms with Gasteiger partial charge in [0.1, 0.15) is 0 Å². The highest BCUT2D eigenvalue weighted by molar-refractivity contribution is 6.34. The van der Waals surface area contributed by atoms with Crippen molar-refractivity contribution in [1.82, 2.24) is 0 Å². The lowest BCUT2D eigenvalue weighted by Crippen LogP contribution is -2.19. The van der Waals surface area contributed by atoms with Gasteiger partial charge in [0.05, 0.1) is 0 Å². The molecule has 1 aromatic rings. The van der Waals surface area contributed by atoms with Gasteiger partial charge in [0.15, 0.2) is 0 Å². The minimum absolute atomic E-state index is 0. The van der Waals surface area contributed by atoms with Crippen LogP contribution < -0.4 is 5.73 Å². The number of benzene rings is 1. The van der Waals surface area contributed by atoms with Gasteiger partial charge in [0, 0.05) is 16.1 Å². The molecule has 0 aromatic heterocycles. The van der Waals surface area contributed by atoms with E-state index >= 15 is 0 Å². The molecule has 90 valence electrons. The first-order chi connectivity index (χ1) is 7.16. The molecule has 1 aromatic carbocycles. The Kier molecular flexibility index (Phi) is 5.39. The lowest BCUT2D eigenvalue weighted by molar-refractivity contribution is 0.445. The van der Waals surface area contributed by atoms with Gasteiger partial charge < -0.3 is 5.73 Å². The molecule has 0 radical (unpaired) electrons. The van der Waals surface area contributed by atoms with E-state index < -0.39 is 0 Å². The van der Waals surface area contributed by atoms with Crippen molar-refractivity contribution in [3.8, 4) is 0 Å². The van der Waals surface area contributed by atoms with Gasteiger partial charge in [-0.15, -0.1) is 12.4 Å². The molecule has 1 aliphatic rings. The average Bonchev–Trinajstić information content (AvgIpc) is 2.67. The topological polar surface area (TPSA) is 26.0 Å². The van der Waals surface area contributed by atoms with Crippen molar-refractivity contribution in [3.63, 3.8) is 0 Å². The first-order valence-electron chi connectivity index (χ1n) is 5.38. The van der Waals surface area contributed by atoms with E-state index in [9.17, 15) is 0 Å².